The first-order valence-electron chi connectivity index (χ1n) is 10.5. The van der Waals surface area contributed by atoms with Crippen molar-refractivity contribution in [1.82, 2.24) is 14.9 Å². The second-order valence-electron chi connectivity index (χ2n) is 8.59. The number of hydrogen-bond acceptors (Lipinski definition) is 7. The first kappa shape index (κ1) is 21.3. The smallest absolute Gasteiger partial charge is 0.261 e. The molecule has 1 atom stereocenters. The van der Waals surface area contributed by atoms with Crippen LogP contribution in [0.25, 0.3) is 11.3 Å². The van der Waals surface area contributed by atoms with Crippen LogP contribution in [-0.4, -0.2) is 65.3 Å². The van der Waals surface area contributed by atoms with Gasteiger partial charge in [0.25, 0.3) is 5.91 Å². The van der Waals surface area contributed by atoms with E-state index in [1.807, 2.05) is 32.6 Å². The van der Waals surface area contributed by atoms with E-state index in [0.29, 0.717) is 50.1 Å². The Bertz CT molecular complexity index is 1010. The van der Waals surface area contributed by atoms with Gasteiger partial charge in [0.05, 0.1) is 37.2 Å². The molecule has 0 aliphatic carbocycles. The molecule has 1 aromatic heterocycles. The highest BCUT2D eigenvalue weighted by molar-refractivity contribution is 6.02. The van der Waals surface area contributed by atoms with E-state index in [1.165, 1.54) is 12.1 Å². The van der Waals surface area contributed by atoms with Crippen molar-refractivity contribution in [2.24, 2.45) is 0 Å². The number of rotatable bonds is 3. The Morgan fingerprint density at radius 3 is 2.77 bits per heavy atom. The van der Waals surface area contributed by atoms with E-state index in [-0.39, 0.29) is 29.1 Å². The van der Waals surface area contributed by atoms with E-state index in [4.69, 9.17) is 20.2 Å². The zero-order valence-corrected chi connectivity index (χ0v) is 18.3. The van der Waals surface area contributed by atoms with Crippen molar-refractivity contribution in [1.29, 1.82) is 0 Å². The standard InChI is InChI=1S/C22H28FN5O3/c1-5-27-12-22(3,4)31-19-17(20(27)29)18(14-6-7-16(24)15(23)10-14)25-21(26-19)28-8-9-30-11-13(28)2/h6-7,10,13H,5,8-9,11-12,24H2,1-4H3. The Balaban J connectivity index is 1.96. The Morgan fingerprint density at radius 1 is 1.32 bits per heavy atom. The van der Waals surface area contributed by atoms with Crippen LogP contribution < -0.4 is 15.4 Å². The zero-order valence-electron chi connectivity index (χ0n) is 18.3. The molecule has 1 saturated heterocycles. The van der Waals surface area contributed by atoms with Crippen LogP contribution in [0, 0.1) is 5.82 Å². The molecule has 2 aromatic rings. The molecule has 166 valence electrons. The van der Waals surface area contributed by atoms with Gasteiger partial charge in [-0.3, -0.25) is 4.79 Å². The normalized spacial score (nSPS) is 20.8. The molecule has 1 unspecified atom stereocenters. The lowest BCUT2D eigenvalue weighted by Crippen LogP contribution is -2.44. The van der Waals surface area contributed by atoms with Gasteiger partial charge in [-0.25, -0.2) is 9.37 Å². The number of carbonyl (C=O) groups is 1. The first-order valence-corrected chi connectivity index (χ1v) is 10.5. The lowest BCUT2D eigenvalue weighted by Gasteiger charge is -2.34. The van der Waals surface area contributed by atoms with Crippen molar-refractivity contribution in [3.05, 3.63) is 29.6 Å². The van der Waals surface area contributed by atoms with Gasteiger partial charge in [-0.15, -0.1) is 0 Å². The summed E-state index contributed by atoms with van der Waals surface area (Å²) in [5, 5.41) is 0. The highest BCUT2D eigenvalue weighted by Gasteiger charge is 2.38. The number of amides is 1. The predicted octanol–water partition coefficient (Wildman–Crippen LogP) is 2.72. The summed E-state index contributed by atoms with van der Waals surface area (Å²) in [6.07, 6.45) is 0. The van der Waals surface area contributed by atoms with E-state index in [9.17, 15) is 9.18 Å². The number of hydrogen-bond donors (Lipinski definition) is 1. The zero-order chi connectivity index (χ0) is 22.3. The lowest BCUT2D eigenvalue weighted by molar-refractivity contribution is 0.0541. The molecule has 4 rings (SSSR count). The summed E-state index contributed by atoms with van der Waals surface area (Å²) >= 11 is 0. The number of aromatic nitrogens is 2. The molecule has 0 radical (unpaired) electrons. The van der Waals surface area contributed by atoms with Crippen molar-refractivity contribution in [3.63, 3.8) is 0 Å². The Kier molecular flexibility index (Phi) is 5.47. The molecule has 9 heteroatoms. The summed E-state index contributed by atoms with van der Waals surface area (Å²) in [4.78, 5) is 26.6. The molecule has 2 N–H and O–H groups in total. The topological polar surface area (TPSA) is 93.8 Å². The van der Waals surface area contributed by atoms with E-state index in [0.717, 1.165) is 0 Å². The van der Waals surface area contributed by atoms with Crippen molar-refractivity contribution in [2.45, 2.75) is 39.3 Å². The molecule has 1 amide bonds. The van der Waals surface area contributed by atoms with Crippen LogP contribution in [-0.2, 0) is 4.74 Å². The fourth-order valence-electron chi connectivity index (χ4n) is 3.97. The summed E-state index contributed by atoms with van der Waals surface area (Å²) in [5.41, 5.74) is 6.07. The summed E-state index contributed by atoms with van der Waals surface area (Å²) < 4.78 is 26.1. The molecule has 0 spiro atoms. The maximum absolute atomic E-state index is 14.3. The van der Waals surface area contributed by atoms with E-state index < -0.39 is 11.4 Å². The Labute approximate surface area is 181 Å². The third-order valence-electron chi connectivity index (χ3n) is 5.59. The number of ether oxygens (including phenoxy) is 2. The summed E-state index contributed by atoms with van der Waals surface area (Å²) in [6.45, 7) is 10.4. The molecule has 8 nitrogen and oxygen atoms in total. The molecule has 2 aliphatic rings. The van der Waals surface area contributed by atoms with Crippen LogP contribution in [0.4, 0.5) is 16.0 Å². The average Bonchev–Trinajstić information content (AvgIpc) is 2.82. The molecular formula is C22H28FN5O3. The largest absolute Gasteiger partial charge is 0.469 e. The SMILES string of the molecule is CCN1CC(C)(C)Oc2nc(N3CCOCC3C)nc(-c3ccc(N)c(F)c3)c2C1=O. The molecule has 1 aromatic carbocycles. The second kappa shape index (κ2) is 7.96. The number of morpholine rings is 1. The lowest BCUT2D eigenvalue weighted by atomic mass is 10.0. The van der Waals surface area contributed by atoms with Gasteiger partial charge in [-0.1, -0.05) is 6.07 Å². The first-order chi connectivity index (χ1) is 14.7. The van der Waals surface area contributed by atoms with Crippen molar-refractivity contribution >= 4 is 17.5 Å². The van der Waals surface area contributed by atoms with Crippen LogP contribution in [0.3, 0.4) is 0 Å². The third-order valence-corrected chi connectivity index (χ3v) is 5.59. The minimum absolute atomic E-state index is 0.0322. The molecule has 0 bridgehead atoms. The van der Waals surface area contributed by atoms with Crippen LogP contribution in [0.1, 0.15) is 38.1 Å². The number of anilines is 2. The average molecular weight is 429 g/mol. The van der Waals surface area contributed by atoms with Crippen LogP contribution in [0.2, 0.25) is 0 Å². The molecule has 2 aliphatic heterocycles. The van der Waals surface area contributed by atoms with Crippen molar-refractivity contribution < 1.29 is 18.7 Å². The van der Waals surface area contributed by atoms with Crippen LogP contribution in [0.5, 0.6) is 5.88 Å². The number of halogens is 1. The third kappa shape index (κ3) is 4.01. The van der Waals surface area contributed by atoms with E-state index in [2.05, 4.69) is 4.98 Å². The van der Waals surface area contributed by atoms with Crippen LogP contribution in [0.15, 0.2) is 18.2 Å². The molecule has 1 fully saturated rings. The minimum Gasteiger partial charge on any atom is -0.469 e. The van der Waals surface area contributed by atoms with E-state index in [1.54, 1.807) is 11.0 Å². The molecule has 0 saturated carbocycles. The van der Waals surface area contributed by atoms with Gasteiger partial charge in [-0.2, -0.15) is 4.98 Å². The van der Waals surface area contributed by atoms with Gasteiger partial charge in [0.15, 0.2) is 0 Å². The fourth-order valence-corrected chi connectivity index (χ4v) is 3.97. The number of nitrogens with zero attached hydrogens (tertiary/aromatic N) is 4. The highest BCUT2D eigenvalue weighted by Crippen LogP contribution is 2.37. The minimum atomic E-state index is -0.650. The maximum atomic E-state index is 14.3. The number of likely N-dealkylation sites (N-methyl/N-ethyl adjacent to an activating group) is 1. The monoisotopic (exact) mass is 429 g/mol. The number of fused-ring (bicyclic) bond motifs is 1. The van der Waals surface area contributed by atoms with Crippen LogP contribution >= 0.6 is 0 Å². The fraction of sp³-hybridized carbons (Fsp3) is 0.500. The van der Waals surface area contributed by atoms with Crippen molar-refractivity contribution in [3.8, 4) is 17.1 Å². The van der Waals surface area contributed by atoms with Gasteiger partial charge in [0, 0.05) is 18.7 Å². The van der Waals surface area contributed by atoms with Gasteiger partial charge in [0.1, 0.15) is 17.0 Å². The Hall–Kier alpha value is -2.94. The molecule has 31 heavy (non-hydrogen) atoms. The maximum Gasteiger partial charge on any atom is 0.261 e. The van der Waals surface area contributed by atoms with Gasteiger partial charge in [0.2, 0.25) is 11.8 Å². The molecule has 3 heterocycles. The summed E-state index contributed by atoms with van der Waals surface area (Å²) in [6, 6.07) is 4.47. The number of carbonyl (C=O) groups excluding carboxylic acids is 1. The Morgan fingerprint density at radius 2 is 2.10 bits per heavy atom. The number of nitrogen functional groups attached to an aromatic ring is 1. The predicted molar refractivity (Wildman–Crippen MR) is 116 cm³/mol. The molecular weight excluding hydrogens is 401 g/mol. The summed E-state index contributed by atoms with van der Waals surface area (Å²) in [7, 11) is 0. The number of nitrogens with two attached hydrogens (primary N) is 1. The van der Waals surface area contributed by atoms with Gasteiger partial charge >= 0.3 is 0 Å². The van der Waals surface area contributed by atoms with Gasteiger partial charge in [-0.05, 0) is 39.8 Å². The van der Waals surface area contributed by atoms with Gasteiger partial charge < -0.3 is 25.0 Å². The van der Waals surface area contributed by atoms with E-state index >= 15 is 0 Å². The quantitative estimate of drug-likeness (QED) is 0.750. The second-order valence-corrected chi connectivity index (χ2v) is 8.59. The number of benzene rings is 1. The highest BCUT2D eigenvalue weighted by atomic mass is 19.1. The summed E-state index contributed by atoms with van der Waals surface area (Å²) in [5.74, 6) is -0.171. The van der Waals surface area contributed by atoms with Crippen molar-refractivity contribution in [2.75, 3.05) is 43.5 Å².